The average molecular weight is 491 g/mol. The van der Waals surface area contributed by atoms with Gasteiger partial charge < -0.3 is 39.2 Å². The summed E-state index contributed by atoms with van der Waals surface area (Å²) in [7, 11) is 5.25. The SMILES string of the molecule is CNCC(CNC)CSP(=O)(O)OC(C)OC(=O)CCOCCOCCOCCOC. The Morgan fingerprint density at radius 3 is 2.00 bits per heavy atom. The molecule has 2 unspecified atom stereocenters. The first-order valence-corrected chi connectivity index (χ1v) is 13.4. The third kappa shape index (κ3) is 20.1. The Kier molecular flexibility index (Phi) is 20.2. The molecular weight excluding hydrogens is 451 g/mol. The van der Waals surface area contributed by atoms with Gasteiger partial charge in [0, 0.05) is 12.9 Å². The molecule has 31 heavy (non-hydrogen) atoms. The van der Waals surface area contributed by atoms with Crippen LogP contribution in [0.3, 0.4) is 0 Å². The van der Waals surface area contributed by atoms with Crippen LogP contribution < -0.4 is 10.6 Å². The van der Waals surface area contributed by atoms with E-state index in [4.69, 9.17) is 28.2 Å². The average Bonchev–Trinajstić information content (AvgIpc) is 2.70. The second-order valence-electron chi connectivity index (χ2n) is 6.49. The first-order chi connectivity index (χ1) is 14.8. The second kappa shape index (κ2) is 20.3. The zero-order chi connectivity index (χ0) is 23.4. The molecule has 0 aliphatic carbocycles. The van der Waals surface area contributed by atoms with E-state index in [1.807, 2.05) is 14.1 Å². The van der Waals surface area contributed by atoms with E-state index in [2.05, 4.69) is 10.6 Å². The van der Waals surface area contributed by atoms with Crippen molar-refractivity contribution in [2.24, 2.45) is 5.92 Å². The molecule has 0 aromatic carbocycles. The Hall–Kier alpha value is -0.270. The fourth-order valence-electron chi connectivity index (χ4n) is 2.29. The summed E-state index contributed by atoms with van der Waals surface area (Å²) in [4.78, 5) is 21.8. The zero-order valence-corrected chi connectivity index (χ0v) is 20.7. The predicted octanol–water partition coefficient (Wildman–Crippen LogP) is 0.867. The minimum Gasteiger partial charge on any atom is -0.435 e. The fourth-order valence-corrected chi connectivity index (χ4v) is 5.15. The summed E-state index contributed by atoms with van der Waals surface area (Å²) < 4.78 is 42.9. The van der Waals surface area contributed by atoms with E-state index in [1.165, 1.54) is 6.92 Å². The van der Waals surface area contributed by atoms with Crippen LogP contribution in [0, 0.1) is 5.92 Å². The quantitative estimate of drug-likeness (QED) is 0.0860. The van der Waals surface area contributed by atoms with Gasteiger partial charge in [0.1, 0.15) is 0 Å². The van der Waals surface area contributed by atoms with Crippen molar-refractivity contribution in [1.29, 1.82) is 0 Å². The maximum atomic E-state index is 12.2. The molecule has 0 saturated carbocycles. The molecule has 0 aliphatic heterocycles. The van der Waals surface area contributed by atoms with Crippen LogP contribution in [-0.2, 0) is 37.6 Å². The van der Waals surface area contributed by atoms with Gasteiger partial charge in [0.15, 0.2) is 0 Å². The summed E-state index contributed by atoms with van der Waals surface area (Å²) in [5, 5.41) is 6.08. The van der Waals surface area contributed by atoms with Crippen molar-refractivity contribution < 1.29 is 42.5 Å². The Bertz CT molecular complexity index is 485. The minimum atomic E-state index is -3.94. The standard InChI is InChI=1S/C18H39N2O9PS/c1-16(29-30(22,23)31-15-17(13-19-2)14-20-3)28-18(21)5-6-25-9-10-27-12-11-26-8-7-24-4/h16-17,19-20H,5-15H2,1-4H3,(H,22,23). The molecule has 0 aromatic rings. The number of hydrogen-bond acceptors (Lipinski definition) is 11. The summed E-state index contributed by atoms with van der Waals surface area (Å²) in [6.07, 6.45) is -1.13. The summed E-state index contributed by atoms with van der Waals surface area (Å²) in [5.41, 5.74) is 0. The first kappa shape index (κ1) is 30.7. The Balaban J connectivity index is 3.82. The maximum absolute atomic E-state index is 12.2. The molecule has 0 fully saturated rings. The van der Waals surface area contributed by atoms with E-state index in [0.29, 0.717) is 58.5 Å². The maximum Gasteiger partial charge on any atom is 0.389 e. The van der Waals surface area contributed by atoms with Crippen molar-refractivity contribution in [3.05, 3.63) is 0 Å². The van der Waals surface area contributed by atoms with Gasteiger partial charge in [-0.15, -0.1) is 0 Å². The van der Waals surface area contributed by atoms with Crippen LogP contribution in [0.25, 0.3) is 0 Å². The number of carbonyl (C=O) groups is 1. The van der Waals surface area contributed by atoms with Crippen LogP contribution in [0.1, 0.15) is 13.3 Å². The van der Waals surface area contributed by atoms with Gasteiger partial charge in [-0.3, -0.25) is 9.32 Å². The van der Waals surface area contributed by atoms with Crippen molar-refractivity contribution in [2.75, 3.05) is 86.3 Å². The lowest BCUT2D eigenvalue weighted by Gasteiger charge is -2.20. The molecule has 11 nitrogen and oxygen atoms in total. The van der Waals surface area contributed by atoms with Crippen molar-refractivity contribution in [2.45, 2.75) is 19.6 Å². The molecule has 3 N–H and O–H groups in total. The van der Waals surface area contributed by atoms with E-state index >= 15 is 0 Å². The topological polar surface area (TPSA) is 134 Å². The lowest BCUT2D eigenvalue weighted by molar-refractivity contribution is -0.162. The second-order valence-corrected chi connectivity index (χ2v) is 10.4. The molecule has 13 heteroatoms. The van der Waals surface area contributed by atoms with E-state index in [9.17, 15) is 14.3 Å². The lowest BCUT2D eigenvalue weighted by atomic mass is 10.2. The highest BCUT2D eigenvalue weighted by Crippen LogP contribution is 2.57. The summed E-state index contributed by atoms with van der Waals surface area (Å²) >= 11 is 0.822. The highest BCUT2D eigenvalue weighted by atomic mass is 32.7. The molecule has 0 aliphatic rings. The van der Waals surface area contributed by atoms with E-state index < -0.39 is 19.1 Å². The number of carbonyl (C=O) groups excluding carboxylic acids is 1. The predicted molar refractivity (Wildman–Crippen MR) is 119 cm³/mol. The Labute approximate surface area is 189 Å². The van der Waals surface area contributed by atoms with Crippen LogP contribution >= 0.6 is 18.2 Å². The summed E-state index contributed by atoms with van der Waals surface area (Å²) in [6.45, 7) is 1.74. The smallest absolute Gasteiger partial charge is 0.389 e. The Morgan fingerprint density at radius 1 is 0.968 bits per heavy atom. The van der Waals surface area contributed by atoms with Crippen molar-refractivity contribution in [3.8, 4) is 0 Å². The van der Waals surface area contributed by atoms with Gasteiger partial charge in [0.05, 0.1) is 52.7 Å². The van der Waals surface area contributed by atoms with Crippen LogP contribution in [0.15, 0.2) is 0 Å². The van der Waals surface area contributed by atoms with Gasteiger partial charge in [-0.25, -0.2) is 4.57 Å². The van der Waals surface area contributed by atoms with Gasteiger partial charge in [0.25, 0.3) is 0 Å². The Morgan fingerprint density at radius 2 is 1.48 bits per heavy atom. The number of esters is 1. The zero-order valence-electron chi connectivity index (χ0n) is 19.0. The third-order valence-electron chi connectivity index (χ3n) is 3.66. The molecule has 0 amide bonds. The minimum absolute atomic E-state index is 0.00309. The fraction of sp³-hybridized carbons (Fsp3) is 0.944. The molecule has 0 heterocycles. The highest BCUT2D eigenvalue weighted by Gasteiger charge is 2.27. The molecule has 186 valence electrons. The number of nitrogens with one attached hydrogen (secondary N) is 2. The molecule has 0 saturated heterocycles. The number of methoxy groups -OCH3 is 1. The normalized spacial score (nSPS) is 14.5. The highest BCUT2D eigenvalue weighted by molar-refractivity contribution is 8.54. The van der Waals surface area contributed by atoms with E-state index in [1.54, 1.807) is 7.11 Å². The summed E-state index contributed by atoms with van der Waals surface area (Å²) in [6, 6.07) is 0. The van der Waals surface area contributed by atoms with Gasteiger partial charge in [-0.05, 0) is 51.4 Å². The lowest BCUT2D eigenvalue weighted by Crippen LogP contribution is -2.29. The third-order valence-corrected chi connectivity index (χ3v) is 6.86. The monoisotopic (exact) mass is 490 g/mol. The van der Waals surface area contributed by atoms with Gasteiger partial charge in [0.2, 0.25) is 6.29 Å². The molecule has 0 spiro atoms. The largest absolute Gasteiger partial charge is 0.435 e. The van der Waals surface area contributed by atoms with Crippen LogP contribution in [0.2, 0.25) is 0 Å². The molecular formula is C18H39N2O9PS. The van der Waals surface area contributed by atoms with Crippen LogP contribution in [-0.4, -0.2) is 103 Å². The van der Waals surface area contributed by atoms with Gasteiger partial charge >= 0.3 is 12.8 Å². The number of rotatable bonds is 22. The van der Waals surface area contributed by atoms with E-state index in [0.717, 1.165) is 11.4 Å². The molecule has 0 bridgehead atoms. The molecule has 0 aromatic heterocycles. The molecule has 0 rings (SSSR count). The number of hydrogen-bond donors (Lipinski definition) is 3. The molecule has 2 atom stereocenters. The van der Waals surface area contributed by atoms with Gasteiger partial charge in [-0.1, -0.05) is 0 Å². The first-order valence-electron chi connectivity index (χ1n) is 10.2. The van der Waals surface area contributed by atoms with Crippen molar-refractivity contribution in [3.63, 3.8) is 0 Å². The van der Waals surface area contributed by atoms with E-state index in [-0.39, 0.29) is 18.9 Å². The van der Waals surface area contributed by atoms with Crippen molar-refractivity contribution in [1.82, 2.24) is 10.6 Å². The number of ether oxygens (including phenoxy) is 5. The van der Waals surface area contributed by atoms with Crippen molar-refractivity contribution >= 4 is 24.1 Å². The van der Waals surface area contributed by atoms with Gasteiger partial charge in [-0.2, -0.15) is 0 Å². The van der Waals surface area contributed by atoms with Crippen LogP contribution in [0.4, 0.5) is 0 Å². The summed E-state index contributed by atoms with van der Waals surface area (Å²) in [5.74, 6) is 0.00476. The van der Waals surface area contributed by atoms with Crippen LogP contribution in [0.5, 0.6) is 0 Å². The molecule has 0 radical (unpaired) electrons.